The molecule has 2 heterocycles. The summed E-state index contributed by atoms with van der Waals surface area (Å²) < 4.78 is 6.64. The Hall–Kier alpha value is -7.94. The molecule has 0 saturated heterocycles. The highest BCUT2D eigenvalue weighted by molar-refractivity contribution is 5.84. The molecule has 0 unspecified atom stereocenters. The van der Waals surface area contributed by atoms with Gasteiger partial charge in [-0.15, -0.1) is 0 Å². The van der Waals surface area contributed by atoms with Crippen molar-refractivity contribution in [1.82, 2.24) is 15.0 Å². The standard InChI is InChI=1S/C56H38N4O/c1-55(2)44-24-8-9-25-45(44)56(47-26-10-12-28-50(47)61-51-29-13-11-27-48(51)56)46-31-30-40(34-49(46)55)42-22-6-7-23-43(42)54-59-52(37-17-4-3-5-18-37)58-53(60-54)41-21-15-20-39(33-41)38-19-14-16-36(32-38)35-57/h3-34H,1-2H3. The first-order valence-corrected chi connectivity index (χ1v) is 20.6. The summed E-state index contributed by atoms with van der Waals surface area (Å²) in [6.45, 7) is 4.69. The zero-order valence-corrected chi connectivity index (χ0v) is 33.7. The van der Waals surface area contributed by atoms with Gasteiger partial charge in [0.05, 0.1) is 17.0 Å². The molecule has 0 fully saturated rings. The monoisotopic (exact) mass is 782 g/mol. The fraction of sp³-hybridized carbons (Fsp3) is 0.0714. The van der Waals surface area contributed by atoms with Gasteiger partial charge in [-0.1, -0.05) is 172 Å². The Labute approximate surface area is 355 Å². The first kappa shape index (κ1) is 36.2. The quantitative estimate of drug-likeness (QED) is 0.174. The summed E-state index contributed by atoms with van der Waals surface area (Å²) in [6.07, 6.45) is 0. The molecule has 8 aromatic carbocycles. The maximum absolute atomic E-state index is 9.59. The Bertz CT molecular complexity index is 3190. The van der Waals surface area contributed by atoms with Gasteiger partial charge in [-0.3, -0.25) is 0 Å². The summed E-state index contributed by atoms with van der Waals surface area (Å²) in [6, 6.07) is 69.5. The highest BCUT2D eigenvalue weighted by atomic mass is 16.5. The van der Waals surface area contributed by atoms with E-state index in [1.54, 1.807) is 0 Å². The summed E-state index contributed by atoms with van der Waals surface area (Å²) in [5, 5.41) is 9.59. The summed E-state index contributed by atoms with van der Waals surface area (Å²) in [7, 11) is 0. The second-order valence-electron chi connectivity index (χ2n) is 16.3. The lowest BCUT2D eigenvalue weighted by Gasteiger charge is -2.50. The molecule has 0 saturated carbocycles. The second-order valence-corrected chi connectivity index (χ2v) is 16.3. The number of rotatable bonds is 5. The van der Waals surface area contributed by atoms with Crippen molar-refractivity contribution in [3.05, 3.63) is 233 Å². The summed E-state index contributed by atoms with van der Waals surface area (Å²) >= 11 is 0. The first-order chi connectivity index (χ1) is 29.9. The largest absolute Gasteiger partial charge is 0.457 e. The fourth-order valence-corrected chi connectivity index (χ4v) is 9.65. The Morgan fingerprint density at radius 1 is 0.393 bits per heavy atom. The van der Waals surface area contributed by atoms with E-state index in [4.69, 9.17) is 19.7 Å². The van der Waals surface area contributed by atoms with Crippen LogP contribution in [0.5, 0.6) is 11.5 Å². The lowest BCUT2D eigenvalue weighted by molar-refractivity contribution is 0.425. The molecule has 0 radical (unpaired) electrons. The molecule has 0 N–H and O–H groups in total. The molecule has 5 heteroatoms. The zero-order chi connectivity index (χ0) is 41.1. The average molecular weight is 783 g/mol. The summed E-state index contributed by atoms with van der Waals surface area (Å²) in [4.78, 5) is 15.5. The van der Waals surface area contributed by atoms with Gasteiger partial charge in [0.2, 0.25) is 0 Å². The molecule has 61 heavy (non-hydrogen) atoms. The van der Waals surface area contributed by atoms with Crippen molar-refractivity contribution in [2.75, 3.05) is 0 Å². The van der Waals surface area contributed by atoms with Crippen LogP contribution in [0.25, 0.3) is 56.4 Å². The Morgan fingerprint density at radius 2 is 0.918 bits per heavy atom. The molecule has 1 aliphatic heterocycles. The minimum atomic E-state index is -0.594. The smallest absolute Gasteiger partial charge is 0.164 e. The van der Waals surface area contributed by atoms with Crippen LogP contribution in [0.2, 0.25) is 0 Å². The number of fused-ring (bicyclic) bond motifs is 8. The third-order valence-electron chi connectivity index (χ3n) is 12.5. The normalized spacial score (nSPS) is 13.8. The van der Waals surface area contributed by atoms with E-state index in [9.17, 15) is 5.26 Å². The molecule has 0 bridgehead atoms. The predicted molar refractivity (Wildman–Crippen MR) is 242 cm³/mol. The van der Waals surface area contributed by atoms with E-state index in [-0.39, 0.29) is 5.41 Å². The van der Waals surface area contributed by atoms with Crippen LogP contribution in [0.4, 0.5) is 0 Å². The predicted octanol–water partition coefficient (Wildman–Crippen LogP) is 13.2. The first-order valence-electron chi connectivity index (χ1n) is 20.6. The molecule has 9 aromatic rings. The molecule has 11 rings (SSSR count). The average Bonchev–Trinajstić information content (AvgIpc) is 3.33. The number of benzene rings is 8. The molecule has 1 aliphatic carbocycles. The molecular weight excluding hydrogens is 745 g/mol. The lowest BCUT2D eigenvalue weighted by Crippen LogP contribution is -2.43. The maximum Gasteiger partial charge on any atom is 0.164 e. The molecule has 0 amide bonds. The van der Waals surface area contributed by atoms with Gasteiger partial charge in [-0.2, -0.15) is 5.26 Å². The van der Waals surface area contributed by atoms with Crippen LogP contribution < -0.4 is 4.74 Å². The number of nitriles is 1. The topological polar surface area (TPSA) is 71.7 Å². The van der Waals surface area contributed by atoms with Crippen molar-refractivity contribution >= 4 is 0 Å². The molecule has 1 spiro atoms. The van der Waals surface area contributed by atoms with Crippen LogP contribution in [0, 0.1) is 11.3 Å². The van der Waals surface area contributed by atoms with Crippen LogP contribution in [0.15, 0.2) is 194 Å². The molecule has 288 valence electrons. The molecular formula is C56H38N4O. The van der Waals surface area contributed by atoms with Gasteiger partial charge in [0.15, 0.2) is 17.5 Å². The number of nitrogens with zero attached hydrogens (tertiary/aromatic N) is 4. The van der Waals surface area contributed by atoms with Crippen molar-refractivity contribution < 1.29 is 4.74 Å². The van der Waals surface area contributed by atoms with Gasteiger partial charge < -0.3 is 4.74 Å². The van der Waals surface area contributed by atoms with Crippen LogP contribution in [-0.2, 0) is 10.8 Å². The van der Waals surface area contributed by atoms with Crippen molar-refractivity contribution in [2.24, 2.45) is 0 Å². The lowest BCUT2D eigenvalue weighted by atomic mass is 9.53. The van der Waals surface area contributed by atoms with E-state index in [0.717, 1.165) is 61.6 Å². The zero-order valence-electron chi connectivity index (χ0n) is 33.7. The Balaban J connectivity index is 1.11. The van der Waals surface area contributed by atoms with E-state index in [0.29, 0.717) is 23.0 Å². The minimum absolute atomic E-state index is 0.330. The van der Waals surface area contributed by atoms with Gasteiger partial charge in [-0.05, 0) is 80.9 Å². The van der Waals surface area contributed by atoms with E-state index < -0.39 is 5.41 Å². The Kier molecular flexibility index (Phi) is 8.37. The molecule has 5 nitrogen and oxygen atoms in total. The van der Waals surface area contributed by atoms with Crippen molar-refractivity contribution in [3.63, 3.8) is 0 Å². The Morgan fingerprint density at radius 3 is 1.64 bits per heavy atom. The SMILES string of the molecule is CC1(C)c2ccccc2C2(c3ccccc3Oc3ccccc32)c2ccc(-c3ccccc3-c3nc(-c4ccccc4)nc(-c4cccc(-c5cccc(C#N)c5)c4)n3)cc21. The number of aromatic nitrogens is 3. The van der Waals surface area contributed by atoms with Crippen LogP contribution >= 0.6 is 0 Å². The van der Waals surface area contributed by atoms with Crippen LogP contribution in [0.3, 0.4) is 0 Å². The third kappa shape index (κ3) is 5.72. The van der Waals surface area contributed by atoms with Crippen LogP contribution in [-0.4, -0.2) is 15.0 Å². The summed E-state index contributed by atoms with van der Waals surface area (Å²) in [5.74, 6) is 3.49. The van der Waals surface area contributed by atoms with Gasteiger partial charge in [-0.25, -0.2) is 15.0 Å². The minimum Gasteiger partial charge on any atom is -0.457 e. The fourth-order valence-electron chi connectivity index (χ4n) is 9.65. The van der Waals surface area contributed by atoms with Gasteiger partial charge in [0.1, 0.15) is 11.5 Å². The maximum atomic E-state index is 9.59. The highest BCUT2D eigenvalue weighted by Crippen LogP contribution is 2.61. The third-order valence-corrected chi connectivity index (χ3v) is 12.5. The van der Waals surface area contributed by atoms with Crippen molar-refractivity contribution in [2.45, 2.75) is 24.7 Å². The van der Waals surface area contributed by atoms with E-state index in [1.807, 2.05) is 72.8 Å². The number of ether oxygens (including phenoxy) is 1. The second kappa shape index (κ2) is 14.1. The highest BCUT2D eigenvalue weighted by Gasteiger charge is 2.52. The van der Waals surface area contributed by atoms with E-state index >= 15 is 0 Å². The number of hydrogen-bond donors (Lipinski definition) is 0. The number of hydrogen-bond acceptors (Lipinski definition) is 5. The van der Waals surface area contributed by atoms with E-state index in [1.165, 1.54) is 22.3 Å². The van der Waals surface area contributed by atoms with E-state index in [2.05, 4.69) is 141 Å². The molecule has 1 aromatic heterocycles. The van der Waals surface area contributed by atoms with Gasteiger partial charge in [0, 0.05) is 33.2 Å². The number of para-hydroxylation sites is 2. The molecule has 2 aliphatic rings. The van der Waals surface area contributed by atoms with Crippen LogP contribution in [0.1, 0.15) is 52.8 Å². The van der Waals surface area contributed by atoms with Crippen molar-refractivity contribution in [1.29, 1.82) is 5.26 Å². The van der Waals surface area contributed by atoms with Crippen molar-refractivity contribution in [3.8, 4) is 74.0 Å². The summed E-state index contributed by atoms with van der Waals surface area (Å²) in [5.41, 5.74) is 13.7. The van der Waals surface area contributed by atoms with Gasteiger partial charge in [0.25, 0.3) is 0 Å². The van der Waals surface area contributed by atoms with Gasteiger partial charge >= 0.3 is 0 Å². The molecule has 0 atom stereocenters.